The van der Waals surface area contributed by atoms with Crippen LogP contribution in [0.15, 0.2) is 54.6 Å². The number of ether oxygens (including phenoxy) is 1. The molecule has 1 aromatic heterocycles. The Morgan fingerprint density at radius 3 is 2.25 bits per heavy atom. The van der Waals surface area contributed by atoms with Gasteiger partial charge in [0, 0.05) is 23.3 Å². The normalized spacial score (nSPS) is 10.4. The highest BCUT2D eigenvalue weighted by molar-refractivity contribution is 5.71. The Bertz CT molecular complexity index is 912. The Balaban J connectivity index is 2.09. The van der Waals surface area contributed by atoms with E-state index in [9.17, 15) is 10.1 Å². The standard InChI is InChI=1S/C17H14N4O3/c1-24-14-7-3-5-12(9-14)16-10-15(19-17(18)20-16)11-4-2-6-13(8-11)21(22)23/h2-10H,1H3,(H2,18,19,20). The van der Waals surface area contributed by atoms with Gasteiger partial charge < -0.3 is 10.5 Å². The fourth-order valence-corrected chi connectivity index (χ4v) is 2.32. The highest BCUT2D eigenvalue weighted by Crippen LogP contribution is 2.28. The molecule has 2 aromatic carbocycles. The first-order valence-corrected chi connectivity index (χ1v) is 7.10. The first-order chi connectivity index (χ1) is 11.6. The molecule has 0 aliphatic carbocycles. The molecule has 0 spiro atoms. The number of anilines is 1. The molecule has 0 radical (unpaired) electrons. The van der Waals surface area contributed by atoms with Gasteiger partial charge in [-0.15, -0.1) is 0 Å². The molecular formula is C17H14N4O3. The summed E-state index contributed by atoms with van der Waals surface area (Å²) >= 11 is 0. The molecule has 0 saturated carbocycles. The first kappa shape index (κ1) is 15.4. The molecule has 0 aliphatic rings. The molecule has 0 saturated heterocycles. The number of aromatic nitrogens is 2. The minimum absolute atomic E-state index is 0.00684. The molecule has 0 unspecified atom stereocenters. The maximum absolute atomic E-state index is 10.9. The third kappa shape index (κ3) is 3.14. The van der Waals surface area contributed by atoms with E-state index >= 15 is 0 Å². The number of hydrogen-bond acceptors (Lipinski definition) is 6. The molecule has 3 aromatic rings. The van der Waals surface area contributed by atoms with Crippen LogP contribution in [-0.4, -0.2) is 22.0 Å². The molecule has 7 nitrogen and oxygen atoms in total. The van der Waals surface area contributed by atoms with Crippen molar-refractivity contribution in [3.8, 4) is 28.3 Å². The first-order valence-electron chi connectivity index (χ1n) is 7.10. The van der Waals surface area contributed by atoms with E-state index in [4.69, 9.17) is 10.5 Å². The van der Waals surface area contributed by atoms with Gasteiger partial charge in [-0.2, -0.15) is 0 Å². The van der Waals surface area contributed by atoms with Crippen LogP contribution in [0.25, 0.3) is 22.5 Å². The number of non-ortho nitro benzene ring substituents is 1. The zero-order valence-corrected chi connectivity index (χ0v) is 12.8. The van der Waals surface area contributed by atoms with Gasteiger partial charge in [-0.05, 0) is 18.2 Å². The predicted molar refractivity (Wildman–Crippen MR) is 90.5 cm³/mol. The zero-order chi connectivity index (χ0) is 17.1. The van der Waals surface area contributed by atoms with Crippen LogP contribution in [-0.2, 0) is 0 Å². The zero-order valence-electron chi connectivity index (χ0n) is 12.8. The van der Waals surface area contributed by atoms with E-state index in [-0.39, 0.29) is 11.6 Å². The molecule has 3 rings (SSSR count). The maximum atomic E-state index is 10.9. The van der Waals surface area contributed by atoms with Crippen LogP contribution in [0.3, 0.4) is 0 Å². The number of nitrogens with two attached hydrogens (primary N) is 1. The molecule has 24 heavy (non-hydrogen) atoms. The van der Waals surface area contributed by atoms with E-state index in [0.717, 1.165) is 5.56 Å². The van der Waals surface area contributed by atoms with Crippen molar-refractivity contribution in [3.05, 3.63) is 64.7 Å². The second kappa shape index (κ2) is 6.33. The Morgan fingerprint density at radius 1 is 1.00 bits per heavy atom. The van der Waals surface area contributed by atoms with Crippen LogP contribution in [0.1, 0.15) is 0 Å². The largest absolute Gasteiger partial charge is 0.497 e. The van der Waals surface area contributed by atoms with Crippen molar-refractivity contribution in [3.63, 3.8) is 0 Å². The Kier molecular flexibility index (Phi) is 4.07. The molecular weight excluding hydrogens is 308 g/mol. The van der Waals surface area contributed by atoms with Crippen molar-refractivity contribution >= 4 is 11.6 Å². The SMILES string of the molecule is COc1cccc(-c2cc(-c3cccc([N+](=O)[O-])c3)nc(N)n2)c1. The summed E-state index contributed by atoms with van der Waals surface area (Å²) in [5.74, 6) is 0.790. The van der Waals surface area contributed by atoms with Crippen LogP contribution in [0.5, 0.6) is 5.75 Å². The van der Waals surface area contributed by atoms with Crippen molar-refractivity contribution in [2.45, 2.75) is 0 Å². The van der Waals surface area contributed by atoms with Crippen molar-refractivity contribution in [2.75, 3.05) is 12.8 Å². The number of benzene rings is 2. The quantitative estimate of drug-likeness (QED) is 0.583. The highest BCUT2D eigenvalue weighted by Gasteiger charge is 2.11. The van der Waals surface area contributed by atoms with Gasteiger partial charge in [0.15, 0.2) is 0 Å². The minimum atomic E-state index is -0.447. The van der Waals surface area contributed by atoms with E-state index in [1.54, 1.807) is 25.3 Å². The number of nitrogen functional groups attached to an aromatic ring is 1. The fourth-order valence-electron chi connectivity index (χ4n) is 2.32. The van der Waals surface area contributed by atoms with E-state index in [0.29, 0.717) is 22.7 Å². The molecule has 0 aliphatic heterocycles. The molecule has 7 heteroatoms. The van der Waals surface area contributed by atoms with Gasteiger partial charge >= 0.3 is 0 Å². The minimum Gasteiger partial charge on any atom is -0.497 e. The Hall–Kier alpha value is -3.48. The third-order valence-electron chi connectivity index (χ3n) is 3.46. The van der Waals surface area contributed by atoms with Crippen molar-refractivity contribution in [1.29, 1.82) is 0 Å². The Morgan fingerprint density at radius 2 is 1.62 bits per heavy atom. The summed E-state index contributed by atoms with van der Waals surface area (Å²) in [7, 11) is 1.59. The van der Waals surface area contributed by atoms with Gasteiger partial charge in [0.2, 0.25) is 5.95 Å². The van der Waals surface area contributed by atoms with Crippen LogP contribution in [0, 0.1) is 10.1 Å². The lowest BCUT2D eigenvalue weighted by Crippen LogP contribution is -1.99. The van der Waals surface area contributed by atoms with Gasteiger partial charge in [-0.3, -0.25) is 10.1 Å². The smallest absolute Gasteiger partial charge is 0.270 e. The van der Waals surface area contributed by atoms with Crippen LogP contribution >= 0.6 is 0 Å². The number of nitro benzene ring substituents is 1. The third-order valence-corrected chi connectivity index (χ3v) is 3.46. The second-order valence-corrected chi connectivity index (χ2v) is 5.04. The molecule has 0 amide bonds. The van der Waals surface area contributed by atoms with Crippen LogP contribution in [0.2, 0.25) is 0 Å². The lowest BCUT2D eigenvalue weighted by Gasteiger charge is -2.08. The fraction of sp³-hybridized carbons (Fsp3) is 0.0588. The van der Waals surface area contributed by atoms with Crippen LogP contribution < -0.4 is 10.5 Å². The van der Waals surface area contributed by atoms with E-state index in [2.05, 4.69) is 9.97 Å². The summed E-state index contributed by atoms with van der Waals surface area (Å²) < 4.78 is 5.21. The average molecular weight is 322 g/mol. The Labute approximate surface area is 137 Å². The van der Waals surface area contributed by atoms with Crippen molar-refractivity contribution < 1.29 is 9.66 Å². The van der Waals surface area contributed by atoms with Crippen molar-refractivity contribution in [2.24, 2.45) is 0 Å². The van der Waals surface area contributed by atoms with Gasteiger partial charge in [-0.1, -0.05) is 24.3 Å². The summed E-state index contributed by atoms with van der Waals surface area (Å²) in [5, 5.41) is 10.9. The topological polar surface area (TPSA) is 104 Å². The number of methoxy groups -OCH3 is 1. The average Bonchev–Trinajstić information content (AvgIpc) is 2.61. The summed E-state index contributed by atoms with van der Waals surface area (Å²) in [6.07, 6.45) is 0. The number of nitrogens with zero attached hydrogens (tertiary/aromatic N) is 3. The predicted octanol–water partition coefficient (Wildman–Crippen LogP) is 3.31. The van der Waals surface area contributed by atoms with Crippen LogP contribution in [0.4, 0.5) is 11.6 Å². The summed E-state index contributed by atoms with van der Waals surface area (Å²) in [6, 6.07) is 15.4. The molecule has 120 valence electrons. The monoisotopic (exact) mass is 322 g/mol. The lowest BCUT2D eigenvalue weighted by atomic mass is 10.1. The van der Waals surface area contributed by atoms with Crippen molar-refractivity contribution in [1.82, 2.24) is 9.97 Å². The molecule has 1 heterocycles. The van der Waals surface area contributed by atoms with Gasteiger partial charge in [-0.25, -0.2) is 9.97 Å². The summed E-state index contributed by atoms with van der Waals surface area (Å²) in [6.45, 7) is 0. The lowest BCUT2D eigenvalue weighted by molar-refractivity contribution is -0.384. The highest BCUT2D eigenvalue weighted by atomic mass is 16.6. The molecule has 0 bridgehead atoms. The van der Waals surface area contributed by atoms with Gasteiger partial charge in [0.25, 0.3) is 5.69 Å². The maximum Gasteiger partial charge on any atom is 0.270 e. The molecule has 0 atom stereocenters. The second-order valence-electron chi connectivity index (χ2n) is 5.04. The number of rotatable bonds is 4. The molecule has 0 fully saturated rings. The number of hydrogen-bond donors (Lipinski definition) is 1. The molecule has 2 N–H and O–H groups in total. The van der Waals surface area contributed by atoms with E-state index in [1.165, 1.54) is 12.1 Å². The van der Waals surface area contributed by atoms with E-state index in [1.807, 2.05) is 24.3 Å². The van der Waals surface area contributed by atoms with Gasteiger partial charge in [0.1, 0.15) is 5.75 Å². The van der Waals surface area contributed by atoms with Gasteiger partial charge in [0.05, 0.1) is 23.4 Å². The summed E-state index contributed by atoms with van der Waals surface area (Å²) in [4.78, 5) is 18.9. The number of nitro groups is 1. The van der Waals surface area contributed by atoms with E-state index < -0.39 is 4.92 Å². The summed E-state index contributed by atoms with van der Waals surface area (Å²) in [5.41, 5.74) is 8.35.